The van der Waals surface area contributed by atoms with Crippen LogP contribution in [0.5, 0.6) is 0 Å². The summed E-state index contributed by atoms with van der Waals surface area (Å²) in [5.41, 5.74) is 27.2. The Labute approximate surface area is 851 Å². The van der Waals surface area contributed by atoms with Crippen molar-refractivity contribution in [1.29, 1.82) is 0 Å². The number of benzene rings is 28. The van der Waals surface area contributed by atoms with Crippen LogP contribution in [0.25, 0.3) is 306 Å². The molecule has 0 bridgehead atoms. The maximum atomic E-state index is 6.50. The van der Waals surface area contributed by atoms with Gasteiger partial charge in [-0.05, 0) is 286 Å². The molecule has 4 aromatic heterocycles. The van der Waals surface area contributed by atoms with Crippen LogP contribution in [0, 0.1) is 0 Å². The predicted octanol–water partition coefficient (Wildman–Crippen LogP) is 41.5. The largest absolute Gasteiger partial charge is 0.456 e. The summed E-state index contributed by atoms with van der Waals surface area (Å²) in [6, 6.07) is 192. The molecule has 0 aliphatic carbocycles. The fourth-order valence-electron chi connectivity index (χ4n) is 24.0. The molecule has 32 aromatic rings. The average Bonchev–Trinajstić information content (AvgIpc) is 0.903. The van der Waals surface area contributed by atoms with Crippen LogP contribution >= 0.6 is 0 Å². The summed E-state index contributed by atoms with van der Waals surface area (Å²) in [6.07, 6.45) is 0. The molecule has 0 atom stereocenters. The molecule has 148 heavy (non-hydrogen) atoms. The van der Waals surface area contributed by atoms with Gasteiger partial charge in [0.2, 0.25) is 0 Å². The molecule has 0 amide bonds. The molecule has 0 saturated carbocycles. The second-order valence-electron chi connectivity index (χ2n) is 38.8. The molecule has 4 heterocycles. The van der Waals surface area contributed by atoms with Gasteiger partial charge in [0.25, 0.3) is 0 Å². The predicted molar refractivity (Wildman–Crippen MR) is 628 cm³/mol. The van der Waals surface area contributed by atoms with Crippen molar-refractivity contribution in [1.82, 2.24) is 0 Å². The summed E-state index contributed by atoms with van der Waals surface area (Å²) < 4.78 is 25.2. The van der Waals surface area contributed by atoms with E-state index in [0.29, 0.717) is 0 Å². The normalized spacial score (nSPS) is 11.8. The van der Waals surface area contributed by atoms with E-state index in [1.165, 1.54) is 218 Å². The van der Waals surface area contributed by atoms with Gasteiger partial charge < -0.3 is 17.7 Å². The summed E-state index contributed by atoms with van der Waals surface area (Å²) in [4.78, 5) is 0. The fourth-order valence-corrected chi connectivity index (χ4v) is 24.0. The fraction of sp³-hybridized carbons (Fsp3) is 0. The number of rotatable bonds is 8. The van der Waals surface area contributed by atoms with Crippen molar-refractivity contribution >= 4 is 217 Å². The van der Waals surface area contributed by atoms with Crippen molar-refractivity contribution in [2.75, 3.05) is 0 Å². The first kappa shape index (κ1) is 85.3. The van der Waals surface area contributed by atoms with E-state index in [1.54, 1.807) is 0 Å². The molecule has 0 N–H and O–H groups in total. The first-order chi connectivity index (χ1) is 73.4. The van der Waals surface area contributed by atoms with Crippen LogP contribution in [0.4, 0.5) is 0 Å². The quantitative estimate of drug-likeness (QED) is 0.142. The third-order valence-corrected chi connectivity index (χ3v) is 30.6. The van der Waals surface area contributed by atoms with E-state index in [-0.39, 0.29) is 0 Å². The van der Waals surface area contributed by atoms with Gasteiger partial charge in [0.1, 0.15) is 44.7 Å². The molecule has 0 radical (unpaired) electrons. The van der Waals surface area contributed by atoms with E-state index in [4.69, 9.17) is 17.7 Å². The van der Waals surface area contributed by atoms with Crippen molar-refractivity contribution in [2.45, 2.75) is 0 Å². The molecule has 4 nitrogen and oxygen atoms in total. The SMILES string of the molecule is c1ccc2cc(-c3c4ccccc4c(-c4ccc5c(c4)oc4ccccc45)c4ccccc34)ccc2c1.c1ccc2cc(-c3c4ccccc4c(-c4ccc5oc6ccccc6c5c4)c4ccccc34)ccc2c1.c1ccc2cc(-c3c4ccccc4c(-c4cccc5c4oc4ccccc45)c4ccccc34)ccc2c1.c1ccc2cc(-c3c4ccccc4c(-c4cccc5oc6ccccc6c45)c4ccccc34)ccc2c1. The lowest BCUT2D eigenvalue weighted by atomic mass is 9.84. The van der Waals surface area contributed by atoms with Crippen LogP contribution in [0.15, 0.2) is 552 Å². The number of hydrogen-bond donors (Lipinski definition) is 0. The van der Waals surface area contributed by atoms with Gasteiger partial charge in [-0.25, -0.2) is 0 Å². The molecule has 0 aliphatic rings. The number of fused-ring (bicyclic) bond motifs is 24. The zero-order valence-corrected chi connectivity index (χ0v) is 80.4. The number of para-hydroxylation sites is 5. The third kappa shape index (κ3) is 14.2. The van der Waals surface area contributed by atoms with Gasteiger partial charge in [0, 0.05) is 54.2 Å². The highest BCUT2D eigenvalue weighted by molar-refractivity contribution is 6.30. The average molecular weight is 1880 g/mol. The lowest BCUT2D eigenvalue weighted by Gasteiger charge is -2.18. The van der Waals surface area contributed by atoms with Crippen molar-refractivity contribution in [3.05, 3.63) is 534 Å². The van der Waals surface area contributed by atoms with Crippen LogP contribution in [0.2, 0.25) is 0 Å². The standard InChI is InChI=1S/4C36H22O/c1-2-11-24-22-25(21-20-23(24)10-1)34-27-13-3-5-15-29(27)35(30-16-6-4-14-28(30)34)32-18-9-17-31-26-12-7-8-19-33(26)37-36(31)32;1-2-11-24-22-25(21-20-23(24)10-1)34-26-12-3-5-14-28(26)35(29-15-6-4-13-27(29)34)31-17-9-19-33-36(31)30-16-7-8-18-32(30)37-33;1-2-10-24-21-25(18-17-23(24)9-1)35-29-12-3-5-14-31(29)36(32-15-6-4-13-30(32)35)26-19-20-28-27-11-7-8-16-33(27)37-34(28)22-26;1-2-10-24-21-25(18-17-23(24)9-1)35-28-12-3-5-14-30(28)36(31-15-6-4-13-29(31)35)26-19-20-34-32(22-26)27-11-7-8-16-33(27)37-34/h4*1-22H. The molecule has 32 rings (SSSR count). The zero-order chi connectivity index (χ0) is 97.4. The summed E-state index contributed by atoms with van der Waals surface area (Å²) >= 11 is 0. The lowest BCUT2D eigenvalue weighted by Crippen LogP contribution is -1.91. The highest BCUT2D eigenvalue weighted by atomic mass is 16.3. The Morgan fingerprint density at radius 3 is 0.689 bits per heavy atom. The Hall–Kier alpha value is -19.5. The molecule has 0 saturated heterocycles. The van der Waals surface area contributed by atoms with E-state index in [0.717, 1.165) is 87.9 Å². The molecular weight excluding hydrogens is 1790 g/mol. The first-order valence-electron chi connectivity index (χ1n) is 50.8. The monoisotopic (exact) mass is 1880 g/mol. The van der Waals surface area contributed by atoms with Crippen LogP contribution in [0.1, 0.15) is 0 Å². The molecule has 0 spiro atoms. The Kier molecular flexibility index (Phi) is 20.3. The van der Waals surface area contributed by atoms with Gasteiger partial charge in [0.05, 0.1) is 0 Å². The van der Waals surface area contributed by atoms with Crippen LogP contribution in [-0.4, -0.2) is 0 Å². The van der Waals surface area contributed by atoms with Crippen LogP contribution in [-0.2, 0) is 0 Å². The molecule has 4 heteroatoms. The van der Waals surface area contributed by atoms with E-state index in [9.17, 15) is 0 Å². The highest BCUT2D eigenvalue weighted by Crippen LogP contribution is 2.54. The van der Waals surface area contributed by atoms with Crippen molar-refractivity contribution < 1.29 is 17.7 Å². The molecular formula is C144H88O4. The number of hydrogen-bond acceptors (Lipinski definition) is 4. The Bertz CT molecular complexity index is 10800. The molecule has 0 fully saturated rings. The highest BCUT2D eigenvalue weighted by Gasteiger charge is 2.27. The molecule has 0 unspecified atom stereocenters. The van der Waals surface area contributed by atoms with Crippen molar-refractivity contribution in [3.63, 3.8) is 0 Å². The Morgan fingerprint density at radius 2 is 0.318 bits per heavy atom. The van der Waals surface area contributed by atoms with Gasteiger partial charge >= 0.3 is 0 Å². The summed E-state index contributed by atoms with van der Waals surface area (Å²) in [5, 5.41) is 39.4. The minimum Gasteiger partial charge on any atom is -0.456 e. The molecule has 688 valence electrons. The second kappa shape index (κ2) is 35.3. The lowest BCUT2D eigenvalue weighted by molar-refractivity contribution is 0.668. The van der Waals surface area contributed by atoms with Gasteiger partial charge in [-0.3, -0.25) is 0 Å². The molecule has 28 aromatic carbocycles. The molecule has 0 aliphatic heterocycles. The van der Waals surface area contributed by atoms with E-state index >= 15 is 0 Å². The van der Waals surface area contributed by atoms with Gasteiger partial charge in [-0.15, -0.1) is 0 Å². The zero-order valence-electron chi connectivity index (χ0n) is 80.4. The summed E-state index contributed by atoms with van der Waals surface area (Å²) in [6.45, 7) is 0. The van der Waals surface area contributed by atoms with E-state index in [1.807, 2.05) is 36.4 Å². The van der Waals surface area contributed by atoms with Crippen molar-refractivity contribution in [2.24, 2.45) is 0 Å². The van der Waals surface area contributed by atoms with Gasteiger partial charge in [0.15, 0.2) is 0 Å². The maximum Gasteiger partial charge on any atom is 0.143 e. The van der Waals surface area contributed by atoms with Gasteiger partial charge in [-0.2, -0.15) is 0 Å². The van der Waals surface area contributed by atoms with Crippen LogP contribution in [0.3, 0.4) is 0 Å². The second-order valence-corrected chi connectivity index (χ2v) is 38.8. The minimum atomic E-state index is 0.922. The topological polar surface area (TPSA) is 52.6 Å². The maximum absolute atomic E-state index is 6.50. The smallest absolute Gasteiger partial charge is 0.143 e. The Balaban J connectivity index is 0.0000000930. The number of furan rings is 4. The summed E-state index contributed by atoms with van der Waals surface area (Å²) in [7, 11) is 0. The third-order valence-electron chi connectivity index (χ3n) is 30.6. The minimum absolute atomic E-state index is 0.922. The first-order valence-corrected chi connectivity index (χ1v) is 50.8. The van der Waals surface area contributed by atoms with E-state index in [2.05, 4.69) is 497 Å². The summed E-state index contributed by atoms with van der Waals surface area (Å²) in [5.74, 6) is 0. The van der Waals surface area contributed by atoms with Crippen LogP contribution < -0.4 is 0 Å². The van der Waals surface area contributed by atoms with E-state index < -0.39 is 0 Å². The Morgan fingerprint density at radius 1 is 0.101 bits per heavy atom. The van der Waals surface area contributed by atoms with Gasteiger partial charge in [-0.1, -0.05) is 455 Å². The van der Waals surface area contributed by atoms with Crippen molar-refractivity contribution in [3.8, 4) is 89.0 Å².